The first kappa shape index (κ1) is 13.1. The molecule has 2 rings (SSSR count). The fourth-order valence-electron chi connectivity index (χ4n) is 1.48. The maximum Gasteiger partial charge on any atom is 0.157 e. The second-order valence-electron chi connectivity index (χ2n) is 3.55. The van der Waals surface area contributed by atoms with Crippen LogP contribution in [0.4, 0.5) is 15.8 Å². The zero-order chi connectivity index (χ0) is 13.1. The number of hydrogen-bond acceptors (Lipinski definition) is 2. The summed E-state index contributed by atoms with van der Waals surface area (Å²) in [5.41, 5.74) is 0.777. The first-order chi connectivity index (χ1) is 8.63. The summed E-state index contributed by atoms with van der Waals surface area (Å²) in [6, 6.07) is 9.84. The number of carbonyl (C=O) groups excluding carboxylic acids is 1. The molecular formula is C13H8BrClFNO. The van der Waals surface area contributed by atoms with Gasteiger partial charge >= 0.3 is 0 Å². The van der Waals surface area contributed by atoms with Crippen LogP contribution in [0.25, 0.3) is 0 Å². The topological polar surface area (TPSA) is 29.1 Å². The molecular weight excluding hydrogens is 321 g/mol. The van der Waals surface area contributed by atoms with Gasteiger partial charge in [0.1, 0.15) is 0 Å². The van der Waals surface area contributed by atoms with Gasteiger partial charge in [-0.1, -0.05) is 23.7 Å². The quantitative estimate of drug-likeness (QED) is 0.820. The van der Waals surface area contributed by atoms with E-state index in [1.165, 1.54) is 6.07 Å². The molecule has 2 aromatic rings. The molecule has 0 amide bonds. The molecule has 0 aromatic heterocycles. The second kappa shape index (κ2) is 5.50. The van der Waals surface area contributed by atoms with Crippen molar-refractivity contribution in [1.82, 2.24) is 0 Å². The number of hydrogen-bond donors (Lipinski definition) is 1. The molecule has 0 saturated heterocycles. The van der Waals surface area contributed by atoms with E-state index in [-0.39, 0.29) is 11.3 Å². The van der Waals surface area contributed by atoms with E-state index in [0.29, 0.717) is 21.5 Å². The largest absolute Gasteiger partial charge is 0.352 e. The SMILES string of the molecule is O=Cc1cccc(Nc2cccc(Br)c2Cl)c1F. The Balaban J connectivity index is 2.40. The predicted molar refractivity (Wildman–Crippen MR) is 74.2 cm³/mol. The average Bonchev–Trinajstić information content (AvgIpc) is 2.37. The zero-order valence-corrected chi connectivity index (χ0v) is 11.4. The van der Waals surface area contributed by atoms with Crippen LogP contribution in [0.3, 0.4) is 0 Å². The number of aldehydes is 1. The molecule has 18 heavy (non-hydrogen) atoms. The average molecular weight is 329 g/mol. The molecule has 0 fully saturated rings. The van der Waals surface area contributed by atoms with Crippen LogP contribution in [0.1, 0.15) is 10.4 Å². The molecule has 92 valence electrons. The minimum Gasteiger partial charge on any atom is -0.352 e. The lowest BCUT2D eigenvalue weighted by Crippen LogP contribution is -1.97. The lowest BCUT2D eigenvalue weighted by molar-refractivity contribution is 0.112. The molecule has 2 aromatic carbocycles. The van der Waals surface area contributed by atoms with Crippen LogP contribution in [0.5, 0.6) is 0 Å². The third-order valence-corrected chi connectivity index (χ3v) is 3.67. The first-order valence-electron chi connectivity index (χ1n) is 5.08. The van der Waals surface area contributed by atoms with Crippen molar-refractivity contribution in [3.05, 3.63) is 57.3 Å². The smallest absolute Gasteiger partial charge is 0.157 e. The minimum atomic E-state index is -0.594. The predicted octanol–water partition coefficient (Wildman–Crippen LogP) is 4.80. The van der Waals surface area contributed by atoms with Crippen LogP contribution in [0.2, 0.25) is 5.02 Å². The Kier molecular flexibility index (Phi) is 3.99. The van der Waals surface area contributed by atoms with Gasteiger partial charge in [0.25, 0.3) is 0 Å². The van der Waals surface area contributed by atoms with E-state index in [2.05, 4.69) is 21.2 Å². The summed E-state index contributed by atoms with van der Waals surface area (Å²) in [4.78, 5) is 10.7. The van der Waals surface area contributed by atoms with Crippen LogP contribution >= 0.6 is 27.5 Å². The summed E-state index contributed by atoms with van der Waals surface area (Å²) in [5, 5.41) is 3.31. The number of anilines is 2. The molecule has 0 heterocycles. The van der Waals surface area contributed by atoms with E-state index in [9.17, 15) is 9.18 Å². The molecule has 0 spiro atoms. The number of nitrogens with one attached hydrogen (secondary N) is 1. The molecule has 1 N–H and O–H groups in total. The Morgan fingerprint density at radius 3 is 2.56 bits per heavy atom. The summed E-state index contributed by atoms with van der Waals surface area (Å²) < 4.78 is 14.6. The lowest BCUT2D eigenvalue weighted by Gasteiger charge is -2.10. The molecule has 0 saturated carbocycles. The van der Waals surface area contributed by atoms with E-state index < -0.39 is 5.82 Å². The van der Waals surface area contributed by atoms with Gasteiger partial charge in [-0.05, 0) is 40.2 Å². The highest BCUT2D eigenvalue weighted by molar-refractivity contribution is 9.10. The van der Waals surface area contributed by atoms with E-state index in [0.717, 1.165) is 0 Å². The van der Waals surface area contributed by atoms with E-state index in [1.807, 2.05) is 0 Å². The molecule has 0 bridgehead atoms. The molecule has 5 heteroatoms. The molecule has 0 aliphatic rings. The lowest BCUT2D eigenvalue weighted by atomic mass is 10.2. The van der Waals surface area contributed by atoms with Crippen molar-refractivity contribution < 1.29 is 9.18 Å². The second-order valence-corrected chi connectivity index (χ2v) is 4.79. The van der Waals surface area contributed by atoms with Crippen LogP contribution < -0.4 is 5.32 Å². The maximum absolute atomic E-state index is 13.8. The van der Waals surface area contributed by atoms with Crippen molar-refractivity contribution in [2.45, 2.75) is 0 Å². The van der Waals surface area contributed by atoms with Gasteiger partial charge in [0, 0.05) is 4.47 Å². The molecule has 2 nitrogen and oxygen atoms in total. The Hall–Kier alpha value is -1.39. The van der Waals surface area contributed by atoms with Gasteiger partial charge < -0.3 is 5.32 Å². The van der Waals surface area contributed by atoms with Crippen molar-refractivity contribution in [3.63, 3.8) is 0 Å². The molecule has 0 radical (unpaired) electrons. The van der Waals surface area contributed by atoms with Crippen molar-refractivity contribution >= 4 is 45.2 Å². The monoisotopic (exact) mass is 327 g/mol. The van der Waals surface area contributed by atoms with Crippen molar-refractivity contribution in [2.75, 3.05) is 5.32 Å². The number of benzene rings is 2. The van der Waals surface area contributed by atoms with Crippen LogP contribution in [-0.2, 0) is 0 Å². The van der Waals surface area contributed by atoms with Gasteiger partial charge in [-0.2, -0.15) is 0 Å². The van der Waals surface area contributed by atoms with Crippen molar-refractivity contribution in [2.24, 2.45) is 0 Å². The summed E-state index contributed by atoms with van der Waals surface area (Å²) in [6.07, 6.45) is 0.475. The summed E-state index contributed by atoms with van der Waals surface area (Å²) in [6.45, 7) is 0. The Bertz CT molecular complexity index is 604. The minimum absolute atomic E-state index is 0.00567. The van der Waals surface area contributed by atoms with E-state index >= 15 is 0 Å². The van der Waals surface area contributed by atoms with Gasteiger partial charge in [-0.15, -0.1) is 0 Å². The van der Waals surface area contributed by atoms with E-state index in [1.54, 1.807) is 30.3 Å². The number of rotatable bonds is 3. The van der Waals surface area contributed by atoms with Gasteiger partial charge in [0.05, 0.1) is 22.0 Å². The maximum atomic E-state index is 13.8. The number of carbonyl (C=O) groups is 1. The van der Waals surface area contributed by atoms with Crippen LogP contribution in [0.15, 0.2) is 40.9 Å². The van der Waals surface area contributed by atoms with Crippen molar-refractivity contribution in [3.8, 4) is 0 Å². The highest BCUT2D eigenvalue weighted by Crippen LogP contribution is 2.32. The fourth-order valence-corrected chi connectivity index (χ4v) is 2.02. The molecule has 0 unspecified atom stereocenters. The van der Waals surface area contributed by atoms with E-state index in [4.69, 9.17) is 11.6 Å². The highest BCUT2D eigenvalue weighted by atomic mass is 79.9. The van der Waals surface area contributed by atoms with Crippen LogP contribution in [-0.4, -0.2) is 6.29 Å². The molecule has 0 atom stereocenters. The summed E-state index contributed by atoms with van der Waals surface area (Å²) in [7, 11) is 0. The van der Waals surface area contributed by atoms with Gasteiger partial charge in [0.15, 0.2) is 12.1 Å². The normalized spacial score (nSPS) is 10.2. The van der Waals surface area contributed by atoms with Gasteiger partial charge in [0.2, 0.25) is 0 Å². The molecule has 0 aliphatic heterocycles. The van der Waals surface area contributed by atoms with Crippen LogP contribution in [0, 0.1) is 5.82 Å². The van der Waals surface area contributed by atoms with Gasteiger partial charge in [-0.25, -0.2) is 4.39 Å². The first-order valence-corrected chi connectivity index (χ1v) is 6.25. The highest BCUT2D eigenvalue weighted by Gasteiger charge is 2.10. The number of halogens is 3. The summed E-state index contributed by atoms with van der Waals surface area (Å²) >= 11 is 9.35. The molecule has 0 aliphatic carbocycles. The summed E-state index contributed by atoms with van der Waals surface area (Å²) in [5.74, 6) is -0.594. The Morgan fingerprint density at radius 2 is 1.83 bits per heavy atom. The standard InChI is InChI=1S/C13H8BrClFNO/c14-9-4-2-5-10(12(9)15)17-11-6-1-3-8(7-18)13(11)16/h1-7,17H. The van der Waals surface area contributed by atoms with Crippen molar-refractivity contribution in [1.29, 1.82) is 0 Å². The third kappa shape index (κ3) is 2.54. The van der Waals surface area contributed by atoms with Gasteiger partial charge in [-0.3, -0.25) is 4.79 Å². The Labute approximate surface area is 117 Å². The fraction of sp³-hybridized carbons (Fsp3) is 0. The Morgan fingerprint density at radius 1 is 1.17 bits per heavy atom. The zero-order valence-electron chi connectivity index (χ0n) is 9.08. The third-order valence-electron chi connectivity index (χ3n) is 2.38.